The molecule has 0 spiro atoms. The van der Waals surface area contributed by atoms with Crippen LogP contribution >= 0.6 is 0 Å². The molecule has 4 nitrogen and oxygen atoms in total. The van der Waals surface area contributed by atoms with Crippen LogP contribution in [0, 0.1) is 5.82 Å². The van der Waals surface area contributed by atoms with Gasteiger partial charge in [0.1, 0.15) is 18.2 Å². The van der Waals surface area contributed by atoms with Crippen LogP contribution < -0.4 is 10.5 Å². The summed E-state index contributed by atoms with van der Waals surface area (Å²) in [6.45, 7) is 0.603. The lowest BCUT2D eigenvalue weighted by molar-refractivity contribution is 0.298. The lowest BCUT2D eigenvalue weighted by Gasteiger charge is -2.06. The summed E-state index contributed by atoms with van der Waals surface area (Å²) in [5, 5.41) is 4.16. The van der Waals surface area contributed by atoms with Crippen molar-refractivity contribution in [3.05, 3.63) is 47.5 Å². The number of hydrogen-bond donors (Lipinski definition) is 1. The Bertz CT molecular complexity index is 510. The summed E-state index contributed by atoms with van der Waals surface area (Å²) in [6, 6.07) is 6.31. The molecule has 0 aliphatic rings. The Hall–Kier alpha value is -1.88. The Morgan fingerprint density at radius 3 is 2.88 bits per heavy atom. The van der Waals surface area contributed by atoms with E-state index in [4.69, 9.17) is 10.5 Å². The van der Waals surface area contributed by atoms with Gasteiger partial charge in [0.05, 0.1) is 5.69 Å². The van der Waals surface area contributed by atoms with E-state index in [0.29, 0.717) is 17.9 Å². The molecule has 1 heterocycles. The number of aromatic nitrogens is 2. The van der Waals surface area contributed by atoms with E-state index in [1.165, 1.54) is 12.1 Å². The first kappa shape index (κ1) is 11.6. The largest absolute Gasteiger partial charge is 0.487 e. The Labute approximate surface area is 98.8 Å². The molecule has 2 aromatic rings. The van der Waals surface area contributed by atoms with Gasteiger partial charge in [-0.15, -0.1) is 0 Å². The first-order valence-electron chi connectivity index (χ1n) is 5.28. The Balaban J connectivity index is 2.05. The molecule has 0 saturated heterocycles. The minimum absolute atomic E-state index is 0.289. The van der Waals surface area contributed by atoms with Crippen molar-refractivity contribution in [2.24, 2.45) is 12.8 Å². The quantitative estimate of drug-likeness (QED) is 0.875. The Morgan fingerprint density at radius 1 is 1.41 bits per heavy atom. The molecule has 17 heavy (non-hydrogen) atoms. The normalized spacial score (nSPS) is 10.5. The molecule has 90 valence electrons. The standard InChI is InChI=1S/C12H14FN3O/c1-16-3-2-11(15-16)8-17-12-5-9(7-14)4-10(13)6-12/h2-6H,7-8,14H2,1H3. The van der Waals surface area contributed by atoms with Gasteiger partial charge in [-0.1, -0.05) is 0 Å². The predicted octanol–water partition coefficient (Wildman–Crippen LogP) is 1.60. The molecule has 5 heteroatoms. The van der Waals surface area contributed by atoms with Crippen molar-refractivity contribution < 1.29 is 9.13 Å². The van der Waals surface area contributed by atoms with Gasteiger partial charge in [-0.3, -0.25) is 4.68 Å². The maximum absolute atomic E-state index is 13.2. The van der Waals surface area contributed by atoms with E-state index < -0.39 is 0 Å². The van der Waals surface area contributed by atoms with E-state index in [9.17, 15) is 4.39 Å². The number of hydrogen-bond acceptors (Lipinski definition) is 3. The first-order chi connectivity index (χ1) is 8.17. The van der Waals surface area contributed by atoms with Gasteiger partial charge in [-0.2, -0.15) is 5.10 Å². The number of halogens is 1. The van der Waals surface area contributed by atoms with Crippen molar-refractivity contribution in [3.8, 4) is 5.75 Å². The minimum atomic E-state index is -0.344. The molecule has 0 fully saturated rings. The summed E-state index contributed by atoms with van der Waals surface area (Å²) < 4.78 is 20.3. The molecule has 0 radical (unpaired) electrons. The summed E-state index contributed by atoms with van der Waals surface area (Å²) in [7, 11) is 1.83. The van der Waals surface area contributed by atoms with Crippen LogP contribution in [0.5, 0.6) is 5.75 Å². The lowest BCUT2D eigenvalue weighted by atomic mass is 10.2. The van der Waals surface area contributed by atoms with E-state index in [1.54, 1.807) is 10.7 Å². The topological polar surface area (TPSA) is 53.1 Å². The molecule has 0 aliphatic heterocycles. The monoisotopic (exact) mass is 235 g/mol. The summed E-state index contributed by atoms with van der Waals surface area (Å²) >= 11 is 0. The Morgan fingerprint density at radius 2 is 2.24 bits per heavy atom. The van der Waals surface area contributed by atoms with Crippen LogP contribution in [-0.4, -0.2) is 9.78 Å². The molecule has 0 amide bonds. The van der Waals surface area contributed by atoms with Crippen molar-refractivity contribution in [1.82, 2.24) is 9.78 Å². The highest BCUT2D eigenvalue weighted by molar-refractivity contribution is 5.29. The first-order valence-corrected chi connectivity index (χ1v) is 5.28. The van der Waals surface area contributed by atoms with E-state index >= 15 is 0 Å². The van der Waals surface area contributed by atoms with Crippen LogP contribution in [0.15, 0.2) is 30.5 Å². The number of aryl methyl sites for hydroxylation is 1. The number of nitrogens with two attached hydrogens (primary N) is 1. The fourth-order valence-corrected chi connectivity index (χ4v) is 1.52. The molecule has 0 saturated carbocycles. The molecule has 0 bridgehead atoms. The van der Waals surface area contributed by atoms with Crippen molar-refractivity contribution in [3.63, 3.8) is 0 Å². The van der Waals surface area contributed by atoms with E-state index in [-0.39, 0.29) is 12.4 Å². The SMILES string of the molecule is Cn1ccc(COc2cc(F)cc(CN)c2)n1. The second-order valence-corrected chi connectivity index (χ2v) is 3.77. The summed E-state index contributed by atoms with van der Waals surface area (Å²) in [5.74, 6) is 0.125. The average Bonchev–Trinajstić information content (AvgIpc) is 2.72. The lowest BCUT2D eigenvalue weighted by Crippen LogP contribution is -2.01. The van der Waals surface area contributed by atoms with E-state index in [0.717, 1.165) is 5.69 Å². The van der Waals surface area contributed by atoms with Gasteiger partial charge >= 0.3 is 0 Å². The smallest absolute Gasteiger partial charge is 0.132 e. The number of nitrogens with zero attached hydrogens (tertiary/aromatic N) is 2. The molecular formula is C12H14FN3O. The molecule has 0 unspecified atom stereocenters. The number of rotatable bonds is 4. The van der Waals surface area contributed by atoms with Gasteiger partial charge in [0.2, 0.25) is 0 Å². The summed E-state index contributed by atoms with van der Waals surface area (Å²) in [5.41, 5.74) is 6.97. The second kappa shape index (κ2) is 4.97. The van der Waals surface area contributed by atoms with Crippen LogP contribution in [0.1, 0.15) is 11.3 Å². The zero-order chi connectivity index (χ0) is 12.3. The third-order valence-corrected chi connectivity index (χ3v) is 2.32. The van der Waals surface area contributed by atoms with E-state index in [2.05, 4.69) is 5.10 Å². The molecule has 2 N–H and O–H groups in total. The molecular weight excluding hydrogens is 221 g/mol. The fraction of sp³-hybridized carbons (Fsp3) is 0.250. The third kappa shape index (κ3) is 3.04. The van der Waals surface area contributed by atoms with Gasteiger partial charge in [-0.05, 0) is 23.8 Å². The highest BCUT2D eigenvalue weighted by Gasteiger charge is 2.02. The van der Waals surface area contributed by atoms with Gasteiger partial charge in [0.15, 0.2) is 0 Å². The molecule has 2 rings (SSSR count). The second-order valence-electron chi connectivity index (χ2n) is 3.77. The minimum Gasteiger partial charge on any atom is -0.487 e. The summed E-state index contributed by atoms with van der Waals surface area (Å²) in [6.07, 6.45) is 1.83. The molecule has 1 aromatic carbocycles. The highest BCUT2D eigenvalue weighted by atomic mass is 19.1. The van der Waals surface area contributed by atoms with Crippen LogP contribution in [0.25, 0.3) is 0 Å². The van der Waals surface area contributed by atoms with Crippen LogP contribution in [0.4, 0.5) is 4.39 Å². The average molecular weight is 235 g/mol. The van der Waals surface area contributed by atoms with Gasteiger partial charge < -0.3 is 10.5 Å². The molecule has 0 aliphatic carbocycles. The van der Waals surface area contributed by atoms with Crippen LogP contribution in [-0.2, 0) is 20.2 Å². The van der Waals surface area contributed by atoms with E-state index in [1.807, 2.05) is 19.3 Å². The van der Waals surface area contributed by atoms with Crippen molar-refractivity contribution in [2.45, 2.75) is 13.2 Å². The van der Waals surface area contributed by atoms with Gasteiger partial charge in [0.25, 0.3) is 0 Å². The predicted molar refractivity (Wildman–Crippen MR) is 61.8 cm³/mol. The van der Waals surface area contributed by atoms with Crippen molar-refractivity contribution in [2.75, 3.05) is 0 Å². The van der Waals surface area contributed by atoms with Gasteiger partial charge in [0, 0.05) is 25.9 Å². The molecule has 0 atom stereocenters. The number of ether oxygens (including phenoxy) is 1. The number of benzene rings is 1. The van der Waals surface area contributed by atoms with Crippen LogP contribution in [0.3, 0.4) is 0 Å². The maximum atomic E-state index is 13.2. The zero-order valence-corrected chi connectivity index (χ0v) is 9.56. The van der Waals surface area contributed by atoms with Crippen LogP contribution in [0.2, 0.25) is 0 Å². The summed E-state index contributed by atoms with van der Waals surface area (Å²) in [4.78, 5) is 0. The fourth-order valence-electron chi connectivity index (χ4n) is 1.52. The Kier molecular flexibility index (Phi) is 3.39. The van der Waals surface area contributed by atoms with Crippen molar-refractivity contribution >= 4 is 0 Å². The van der Waals surface area contributed by atoms with Gasteiger partial charge in [-0.25, -0.2) is 4.39 Å². The molecule has 1 aromatic heterocycles. The highest BCUT2D eigenvalue weighted by Crippen LogP contribution is 2.17. The maximum Gasteiger partial charge on any atom is 0.132 e. The van der Waals surface area contributed by atoms with Crippen molar-refractivity contribution in [1.29, 1.82) is 0 Å². The third-order valence-electron chi connectivity index (χ3n) is 2.32. The zero-order valence-electron chi connectivity index (χ0n) is 9.56.